The van der Waals surface area contributed by atoms with Gasteiger partial charge in [0.25, 0.3) is 5.56 Å². The van der Waals surface area contributed by atoms with Crippen LogP contribution in [0.15, 0.2) is 69.9 Å². The Morgan fingerprint density at radius 3 is 2.69 bits per heavy atom. The normalized spacial score (nSPS) is 11.4. The molecule has 0 aliphatic heterocycles. The molecule has 0 fully saturated rings. The summed E-state index contributed by atoms with van der Waals surface area (Å²) >= 11 is 7.26. The molecule has 0 saturated carbocycles. The van der Waals surface area contributed by atoms with Gasteiger partial charge in [-0.3, -0.25) is 9.79 Å². The first-order valence-electron chi connectivity index (χ1n) is 7.71. The van der Waals surface area contributed by atoms with Gasteiger partial charge in [-0.1, -0.05) is 35.9 Å². The monoisotopic (exact) mass is 381 g/mol. The quantitative estimate of drug-likeness (QED) is 0.529. The van der Waals surface area contributed by atoms with Gasteiger partial charge in [0.15, 0.2) is 5.13 Å². The Morgan fingerprint density at radius 1 is 1.15 bits per heavy atom. The van der Waals surface area contributed by atoms with Gasteiger partial charge >= 0.3 is 0 Å². The van der Waals surface area contributed by atoms with Crippen LogP contribution in [0.2, 0.25) is 5.02 Å². The molecule has 26 heavy (non-hydrogen) atoms. The molecule has 4 aromatic rings. The fourth-order valence-corrected chi connectivity index (χ4v) is 3.51. The Kier molecular flexibility index (Phi) is 4.28. The van der Waals surface area contributed by atoms with Crippen molar-refractivity contribution in [2.75, 3.05) is 0 Å². The fraction of sp³-hybridized carbons (Fsp3) is 0. The van der Waals surface area contributed by atoms with Crippen LogP contribution in [-0.2, 0) is 0 Å². The second-order valence-electron chi connectivity index (χ2n) is 5.48. The molecule has 0 unspecified atom stereocenters. The summed E-state index contributed by atoms with van der Waals surface area (Å²) in [6.45, 7) is 0. The number of rotatable bonds is 3. The third kappa shape index (κ3) is 2.89. The molecule has 0 saturated heterocycles. The molecule has 7 heteroatoms. The molecular weight excluding hydrogens is 370 g/mol. The van der Waals surface area contributed by atoms with E-state index in [-0.39, 0.29) is 11.4 Å². The van der Waals surface area contributed by atoms with Crippen LogP contribution in [-0.4, -0.2) is 20.9 Å². The van der Waals surface area contributed by atoms with E-state index in [9.17, 15) is 9.90 Å². The highest BCUT2D eigenvalue weighted by molar-refractivity contribution is 7.12. The molecule has 2 aromatic heterocycles. The maximum absolute atomic E-state index is 12.8. The summed E-state index contributed by atoms with van der Waals surface area (Å²) in [4.78, 5) is 21.4. The number of aromatic nitrogens is 2. The maximum Gasteiger partial charge on any atom is 0.267 e. The van der Waals surface area contributed by atoms with Crippen LogP contribution >= 0.6 is 22.9 Å². The Morgan fingerprint density at radius 2 is 1.96 bits per heavy atom. The lowest BCUT2D eigenvalue weighted by atomic mass is 10.1. The van der Waals surface area contributed by atoms with Gasteiger partial charge in [0.1, 0.15) is 0 Å². The summed E-state index contributed by atoms with van der Waals surface area (Å²) in [6.07, 6.45) is 3.12. The minimum absolute atomic E-state index is 0.200. The predicted octanol–water partition coefficient (Wildman–Crippen LogP) is 4.56. The van der Waals surface area contributed by atoms with E-state index in [1.165, 1.54) is 22.1 Å². The molecule has 2 aromatic carbocycles. The van der Waals surface area contributed by atoms with E-state index in [1.54, 1.807) is 54.0 Å². The summed E-state index contributed by atoms with van der Waals surface area (Å²) in [7, 11) is 0. The van der Waals surface area contributed by atoms with Crippen molar-refractivity contribution in [2.24, 2.45) is 4.99 Å². The number of fused-ring (bicyclic) bond motifs is 1. The lowest BCUT2D eigenvalue weighted by Crippen LogP contribution is -2.19. The van der Waals surface area contributed by atoms with E-state index in [0.717, 1.165) is 0 Å². The standard InChI is InChI=1S/C19H12ClN3O2S/c20-12-4-3-5-13(10-12)22-11-16-14-6-1-2-7-15(14)17(24)23(18(16)25)19-21-8-9-26-19/h1-11,25H. The van der Waals surface area contributed by atoms with Gasteiger partial charge in [-0.25, -0.2) is 9.55 Å². The largest absolute Gasteiger partial charge is 0.494 e. The fourth-order valence-electron chi connectivity index (χ4n) is 2.69. The molecule has 2 heterocycles. The highest BCUT2D eigenvalue weighted by Crippen LogP contribution is 2.27. The van der Waals surface area contributed by atoms with Crippen LogP contribution in [0.3, 0.4) is 0 Å². The number of thiazole rings is 1. The van der Waals surface area contributed by atoms with Gasteiger partial charge in [0.2, 0.25) is 5.88 Å². The lowest BCUT2D eigenvalue weighted by molar-refractivity contribution is 0.436. The van der Waals surface area contributed by atoms with Crippen molar-refractivity contribution in [2.45, 2.75) is 0 Å². The highest BCUT2D eigenvalue weighted by atomic mass is 35.5. The van der Waals surface area contributed by atoms with Crippen molar-refractivity contribution in [3.8, 4) is 11.0 Å². The minimum Gasteiger partial charge on any atom is -0.494 e. The smallest absolute Gasteiger partial charge is 0.267 e. The molecule has 0 atom stereocenters. The average Bonchev–Trinajstić information content (AvgIpc) is 3.16. The third-order valence-electron chi connectivity index (χ3n) is 3.86. The molecular formula is C19H12ClN3O2S. The highest BCUT2D eigenvalue weighted by Gasteiger charge is 2.17. The summed E-state index contributed by atoms with van der Waals surface area (Å²) in [6, 6.07) is 14.2. The number of benzene rings is 2. The molecule has 128 valence electrons. The average molecular weight is 382 g/mol. The lowest BCUT2D eigenvalue weighted by Gasteiger charge is -2.11. The predicted molar refractivity (Wildman–Crippen MR) is 106 cm³/mol. The van der Waals surface area contributed by atoms with Gasteiger partial charge in [-0.15, -0.1) is 11.3 Å². The van der Waals surface area contributed by atoms with Gasteiger partial charge < -0.3 is 5.11 Å². The number of pyridine rings is 1. The van der Waals surface area contributed by atoms with Gasteiger partial charge in [-0.05, 0) is 24.3 Å². The van der Waals surface area contributed by atoms with E-state index in [0.29, 0.717) is 32.2 Å². The van der Waals surface area contributed by atoms with Crippen molar-refractivity contribution in [3.05, 3.63) is 81.0 Å². The zero-order valence-corrected chi connectivity index (χ0v) is 14.9. The summed E-state index contributed by atoms with van der Waals surface area (Å²) in [5, 5.41) is 14.6. The Balaban J connectivity index is 1.98. The zero-order chi connectivity index (χ0) is 18.1. The van der Waals surface area contributed by atoms with E-state index in [4.69, 9.17) is 11.6 Å². The van der Waals surface area contributed by atoms with Crippen LogP contribution in [0.1, 0.15) is 5.56 Å². The first-order valence-corrected chi connectivity index (χ1v) is 8.97. The van der Waals surface area contributed by atoms with Crippen LogP contribution < -0.4 is 5.56 Å². The van der Waals surface area contributed by atoms with Crippen LogP contribution in [0, 0.1) is 0 Å². The molecule has 4 rings (SSSR count). The molecule has 0 aliphatic rings. The molecule has 0 aliphatic carbocycles. The number of halogens is 1. The van der Waals surface area contributed by atoms with Crippen LogP contribution in [0.4, 0.5) is 5.69 Å². The van der Waals surface area contributed by atoms with Crippen LogP contribution in [0.25, 0.3) is 15.9 Å². The van der Waals surface area contributed by atoms with Gasteiger partial charge in [0.05, 0.1) is 11.3 Å². The molecule has 0 amide bonds. The number of hydrogen-bond donors (Lipinski definition) is 1. The van der Waals surface area contributed by atoms with E-state index in [1.807, 2.05) is 6.07 Å². The topological polar surface area (TPSA) is 67.5 Å². The van der Waals surface area contributed by atoms with Crippen molar-refractivity contribution >= 4 is 45.6 Å². The molecule has 5 nitrogen and oxygen atoms in total. The SMILES string of the molecule is O=c1c2ccccc2c(C=Nc2cccc(Cl)c2)c(O)n1-c1nccs1. The number of aromatic hydroxyl groups is 1. The zero-order valence-electron chi connectivity index (χ0n) is 13.3. The number of nitrogens with zero attached hydrogens (tertiary/aromatic N) is 3. The summed E-state index contributed by atoms with van der Waals surface area (Å²) in [5.74, 6) is -0.200. The first kappa shape index (κ1) is 16.5. The number of hydrogen-bond acceptors (Lipinski definition) is 5. The molecule has 0 bridgehead atoms. The van der Waals surface area contributed by atoms with Crippen molar-refractivity contribution < 1.29 is 5.11 Å². The van der Waals surface area contributed by atoms with Gasteiger partial charge in [-0.2, -0.15) is 0 Å². The Bertz CT molecular complexity index is 1180. The number of aliphatic imine (C=N–C) groups is 1. The minimum atomic E-state index is -0.326. The van der Waals surface area contributed by atoms with Crippen molar-refractivity contribution in [1.82, 2.24) is 9.55 Å². The molecule has 0 radical (unpaired) electrons. The van der Waals surface area contributed by atoms with Gasteiger partial charge in [0, 0.05) is 33.6 Å². The first-order chi connectivity index (χ1) is 12.6. The van der Waals surface area contributed by atoms with Crippen LogP contribution in [0.5, 0.6) is 5.88 Å². The summed E-state index contributed by atoms with van der Waals surface area (Å²) < 4.78 is 1.20. The van der Waals surface area contributed by atoms with E-state index in [2.05, 4.69) is 9.98 Å². The Hall–Kier alpha value is -2.96. The van der Waals surface area contributed by atoms with E-state index >= 15 is 0 Å². The summed E-state index contributed by atoms with van der Waals surface area (Å²) in [5.41, 5.74) is 0.760. The second kappa shape index (κ2) is 6.74. The molecule has 1 N–H and O–H groups in total. The maximum atomic E-state index is 12.8. The third-order valence-corrected chi connectivity index (χ3v) is 4.86. The second-order valence-corrected chi connectivity index (χ2v) is 6.79. The molecule has 0 spiro atoms. The van der Waals surface area contributed by atoms with E-state index < -0.39 is 0 Å². The van der Waals surface area contributed by atoms with Crippen molar-refractivity contribution in [1.29, 1.82) is 0 Å². The Labute approximate surface area is 157 Å². The van der Waals surface area contributed by atoms with Crippen molar-refractivity contribution in [3.63, 3.8) is 0 Å².